The Morgan fingerprint density at radius 2 is 1.74 bits per heavy atom. The molecular weight excluding hydrogens is 360 g/mol. The highest BCUT2D eigenvalue weighted by Gasteiger charge is 2.44. The van der Waals surface area contributed by atoms with Crippen molar-refractivity contribution in [1.29, 1.82) is 0 Å². The molecule has 4 nitrogen and oxygen atoms in total. The lowest BCUT2D eigenvalue weighted by atomic mass is 9.75. The number of aliphatic hydroxyl groups is 1. The molecule has 0 saturated heterocycles. The van der Waals surface area contributed by atoms with E-state index in [1.165, 1.54) is 0 Å². The number of hydrogen-bond acceptors (Lipinski definition) is 4. The minimum absolute atomic E-state index is 0.0105. The Bertz CT molecular complexity index is 754. The van der Waals surface area contributed by atoms with Gasteiger partial charge in [-0.1, -0.05) is 35.0 Å². The van der Waals surface area contributed by atoms with Crippen molar-refractivity contribution in [3.63, 3.8) is 0 Å². The summed E-state index contributed by atoms with van der Waals surface area (Å²) in [5, 5.41) is 10.7. The average molecular weight is 377 g/mol. The Balaban J connectivity index is 1.89. The summed E-state index contributed by atoms with van der Waals surface area (Å²) in [4.78, 5) is 0. The summed E-state index contributed by atoms with van der Waals surface area (Å²) in [6, 6.07) is 11.9. The van der Waals surface area contributed by atoms with Gasteiger partial charge < -0.3 is 19.3 Å². The third kappa shape index (κ3) is 2.39. The molecule has 2 aliphatic heterocycles. The number of hydrogen-bond donors (Lipinski definition) is 1. The highest BCUT2D eigenvalue weighted by Crippen LogP contribution is 2.51. The second-order valence-electron chi connectivity index (χ2n) is 6.22. The first kappa shape index (κ1) is 14.8. The number of halogens is 1. The molecule has 2 aromatic carbocycles. The first-order valence-corrected chi connectivity index (χ1v) is 8.35. The van der Waals surface area contributed by atoms with E-state index >= 15 is 0 Å². The van der Waals surface area contributed by atoms with Gasteiger partial charge in [-0.2, -0.15) is 0 Å². The highest BCUT2D eigenvalue weighted by molar-refractivity contribution is 9.10. The van der Waals surface area contributed by atoms with Gasteiger partial charge in [0.25, 0.3) is 0 Å². The summed E-state index contributed by atoms with van der Waals surface area (Å²) in [5.74, 6) is 0.670. The minimum atomic E-state index is -1.25. The topological polar surface area (TPSA) is 47.9 Å². The maximum atomic E-state index is 10.7. The molecule has 0 aromatic heterocycles. The predicted molar refractivity (Wildman–Crippen MR) is 89.0 cm³/mol. The molecule has 23 heavy (non-hydrogen) atoms. The zero-order valence-electron chi connectivity index (χ0n) is 12.9. The molecule has 0 unspecified atom stereocenters. The Kier molecular flexibility index (Phi) is 3.32. The fraction of sp³-hybridized carbons (Fsp3) is 0.333. The molecule has 2 aliphatic rings. The monoisotopic (exact) mass is 376 g/mol. The fourth-order valence-corrected chi connectivity index (χ4v) is 3.57. The van der Waals surface area contributed by atoms with Crippen molar-refractivity contribution in [2.75, 3.05) is 6.79 Å². The minimum Gasteiger partial charge on any atom is -0.462 e. The summed E-state index contributed by atoms with van der Waals surface area (Å²) in [5.41, 5.74) is 2.14. The van der Waals surface area contributed by atoms with Gasteiger partial charge >= 0.3 is 0 Å². The van der Waals surface area contributed by atoms with Gasteiger partial charge in [0.15, 0.2) is 11.5 Å². The molecule has 0 radical (unpaired) electrons. The second-order valence-corrected chi connectivity index (χ2v) is 7.13. The van der Waals surface area contributed by atoms with Crippen LogP contribution in [0.5, 0.6) is 17.2 Å². The number of fused-ring (bicyclic) bond motifs is 2. The maximum absolute atomic E-state index is 10.7. The molecule has 0 bridgehead atoms. The quantitative estimate of drug-likeness (QED) is 0.815. The normalized spacial score (nSPS) is 28.2. The number of rotatable bonds is 1. The van der Waals surface area contributed by atoms with Crippen molar-refractivity contribution >= 4 is 15.9 Å². The van der Waals surface area contributed by atoms with Gasteiger partial charge in [0, 0.05) is 34.9 Å². The van der Waals surface area contributed by atoms with Gasteiger partial charge in [-0.3, -0.25) is 0 Å². The molecular formula is C18H17BrO4. The number of ether oxygens (including phenoxy) is 3. The summed E-state index contributed by atoms with van der Waals surface area (Å²) in [6.07, 6.45) is 0. The van der Waals surface area contributed by atoms with Crippen LogP contribution in [0.3, 0.4) is 0 Å². The van der Waals surface area contributed by atoms with Crippen LogP contribution in [0.25, 0.3) is 0 Å². The SMILES string of the molecule is C[C@@H]1[C@@H](c2ccc(Br)cc2)c2cc3c(cc2O[C@@]1(C)O)OCO3. The van der Waals surface area contributed by atoms with E-state index in [0.29, 0.717) is 11.5 Å². The molecule has 5 heteroatoms. The molecule has 0 fully saturated rings. The Morgan fingerprint density at radius 3 is 2.43 bits per heavy atom. The van der Waals surface area contributed by atoms with Gasteiger partial charge in [-0.15, -0.1) is 0 Å². The van der Waals surface area contributed by atoms with E-state index in [-0.39, 0.29) is 18.6 Å². The van der Waals surface area contributed by atoms with Crippen molar-refractivity contribution in [3.8, 4) is 17.2 Å². The van der Waals surface area contributed by atoms with Crippen LogP contribution < -0.4 is 14.2 Å². The van der Waals surface area contributed by atoms with Crippen LogP contribution in [0.15, 0.2) is 40.9 Å². The summed E-state index contributed by atoms with van der Waals surface area (Å²) < 4.78 is 17.8. The van der Waals surface area contributed by atoms with Crippen LogP contribution in [-0.2, 0) is 0 Å². The smallest absolute Gasteiger partial charge is 0.231 e. The van der Waals surface area contributed by atoms with E-state index < -0.39 is 5.79 Å². The van der Waals surface area contributed by atoms with Gasteiger partial charge in [-0.25, -0.2) is 0 Å². The molecule has 2 aromatic rings. The molecule has 0 saturated carbocycles. The van der Waals surface area contributed by atoms with E-state index in [1.54, 1.807) is 6.92 Å². The molecule has 1 N–H and O–H groups in total. The summed E-state index contributed by atoms with van der Waals surface area (Å²) >= 11 is 3.47. The third-order valence-electron chi connectivity index (χ3n) is 4.73. The van der Waals surface area contributed by atoms with E-state index in [1.807, 2.05) is 31.2 Å². The van der Waals surface area contributed by atoms with E-state index in [0.717, 1.165) is 21.3 Å². The van der Waals surface area contributed by atoms with Crippen molar-refractivity contribution in [1.82, 2.24) is 0 Å². The van der Waals surface area contributed by atoms with Gasteiger partial charge in [0.1, 0.15) is 5.75 Å². The molecule has 2 heterocycles. The number of benzene rings is 2. The molecule has 4 rings (SSSR count). The van der Waals surface area contributed by atoms with E-state index in [4.69, 9.17) is 14.2 Å². The lowest BCUT2D eigenvalue weighted by Gasteiger charge is -2.42. The summed E-state index contributed by atoms with van der Waals surface area (Å²) in [6.45, 7) is 3.92. The van der Waals surface area contributed by atoms with E-state index in [9.17, 15) is 5.11 Å². The first-order chi connectivity index (χ1) is 11.0. The van der Waals surface area contributed by atoms with Crippen molar-refractivity contribution < 1.29 is 19.3 Å². The van der Waals surface area contributed by atoms with Crippen molar-refractivity contribution in [3.05, 3.63) is 52.0 Å². The largest absolute Gasteiger partial charge is 0.462 e. The van der Waals surface area contributed by atoms with Crippen molar-refractivity contribution in [2.45, 2.75) is 25.6 Å². The molecule has 3 atom stereocenters. The average Bonchev–Trinajstić information content (AvgIpc) is 2.95. The lowest BCUT2D eigenvalue weighted by Crippen LogP contribution is -2.45. The fourth-order valence-electron chi connectivity index (χ4n) is 3.30. The van der Waals surface area contributed by atoms with Crippen LogP contribution in [0.1, 0.15) is 30.9 Å². The predicted octanol–water partition coefficient (Wildman–Crippen LogP) is 4.05. The maximum Gasteiger partial charge on any atom is 0.231 e. The summed E-state index contributed by atoms with van der Waals surface area (Å²) in [7, 11) is 0. The Morgan fingerprint density at radius 1 is 1.09 bits per heavy atom. The second kappa shape index (κ2) is 5.14. The Labute approximate surface area is 143 Å². The van der Waals surface area contributed by atoms with Crippen LogP contribution in [0.4, 0.5) is 0 Å². The van der Waals surface area contributed by atoms with Gasteiger partial charge in [-0.05, 0) is 23.8 Å². The third-order valence-corrected chi connectivity index (χ3v) is 5.26. The van der Waals surface area contributed by atoms with Crippen LogP contribution in [-0.4, -0.2) is 17.7 Å². The van der Waals surface area contributed by atoms with E-state index in [2.05, 4.69) is 28.1 Å². The van der Waals surface area contributed by atoms with Crippen LogP contribution in [0, 0.1) is 5.92 Å². The molecule has 0 spiro atoms. The molecule has 120 valence electrons. The standard InChI is InChI=1S/C18H17BrO4/c1-10-17(11-3-5-12(19)6-4-11)13-7-15-16(22-9-21-15)8-14(13)23-18(10,2)20/h3-8,10,17,20H,9H2,1-2H3/t10-,17+,18-/m1/s1. The lowest BCUT2D eigenvalue weighted by molar-refractivity contribution is -0.171. The van der Waals surface area contributed by atoms with Crippen LogP contribution >= 0.6 is 15.9 Å². The molecule has 0 aliphatic carbocycles. The van der Waals surface area contributed by atoms with Crippen molar-refractivity contribution in [2.24, 2.45) is 5.92 Å². The zero-order chi connectivity index (χ0) is 16.2. The highest BCUT2D eigenvalue weighted by atomic mass is 79.9. The van der Waals surface area contributed by atoms with Gasteiger partial charge in [0.05, 0.1) is 0 Å². The first-order valence-electron chi connectivity index (χ1n) is 7.56. The zero-order valence-corrected chi connectivity index (χ0v) is 14.5. The Hall–Kier alpha value is -1.72. The van der Waals surface area contributed by atoms with Gasteiger partial charge in [0.2, 0.25) is 12.6 Å². The molecule has 0 amide bonds. The van der Waals surface area contributed by atoms with Crippen LogP contribution in [0.2, 0.25) is 0 Å².